The summed E-state index contributed by atoms with van der Waals surface area (Å²) in [5.41, 5.74) is 4.19. The molecule has 146 valence electrons. The molecule has 3 aliphatic rings. The first-order valence-corrected chi connectivity index (χ1v) is 9.74. The minimum Gasteiger partial charge on any atom is -0.596 e. The van der Waals surface area contributed by atoms with Crippen LogP contribution in [0.15, 0.2) is 47.0 Å². The van der Waals surface area contributed by atoms with Crippen LogP contribution in [0.25, 0.3) is 0 Å². The summed E-state index contributed by atoms with van der Waals surface area (Å²) < 4.78 is 11.0. The van der Waals surface area contributed by atoms with Crippen LogP contribution in [0, 0.1) is 5.41 Å². The van der Waals surface area contributed by atoms with Crippen molar-refractivity contribution in [2.45, 2.75) is 47.0 Å². The van der Waals surface area contributed by atoms with Crippen molar-refractivity contribution in [1.29, 1.82) is 0 Å². The van der Waals surface area contributed by atoms with Gasteiger partial charge in [-0.2, -0.15) is 0 Å². The average molecular weight is 371 g/mol. The molecule has 0 aromatic rings. The van der Waals surface area contributed by atoms with Crippen molar-refractivity contribution in [1.82, 2.24) is 0 Å². The Balaban J connectivity index is 1.76. The van der Waals surface area contributed by atoms with Crippen LogP contribution >= 0.6 is 0 Å². The SMILES string of the molecule is CC1=C(/C=C/C(C)=C/C=C/[B-]23OC(=O)C[N+]2(C)CC(=O)O3)C(C)(C)CCC1. The van der Waals surface area contributed by atoms with Gasteiger partial charge in [-0.25, -0.2) is 0 Å². The third-order valence-corrected chi connectivity index (χ3v) is 6.22. The molecule has 0 unspecified atom stereocenters. The Labute approximate surface area is 162 Å². The van der Waals surface area contributed by atoms with E-state index >= 15 is 0 Å². The van der Waals surface area contributed by atoms with Gasteiger partial charge in [0.15, 0.2) is 0 Å². The third-order valence-electron chi connectivity index (χ3n) is 6.22. The van der Waals surface area contributed by atoms with Crippen molar-refractivity contribution >= 4 is 18.6 Å². The van der Waals surface area contributed by atoms with Gasteiger partial charge in [-0.1, -0.05) is 55.3 Å². The number of fused-ring (bicyclic) bond motifs is 1. The van der Waals surface area contributed by atoms with Gasteiger partial charge < -0.3 is 13.7 Å². The predicted molar refractivity (Wildman–Crippen MR) is 106 cm³/mol. The van der Waals surface area contributed by atoms with Crippen LogP contribution in [0.4, 0.5) is 0 Å². The lowest BCUT2D eigenvalue weighted by Crippen LogP contribution is -2.58. The van der Waals surface area contributed by atoms with Crippen LogP contribution in [0.5, 0.6) is 0 Å². The highest BCUT2D eigenvalue weighted by Gasteiger charge is 2.63. The molecule has 6 heteroatoms. The van der Waals surface area contributed by atoms with Crippen LogP contribution < -0.4 is 0 Å². The first-order chi connectivity index (χ1) is 12.6. The predicted octanol–water partition coefficient (Wildman–Crippen LogP) is 3.61. The van der Waals surface area contributed by atoms with Crippen molar-refractivity contribution in [2.75, 3.05) is 20.1 Å². The minimum absolute atomic E-state index is 0.168. The highest BCUT2D eigenvalue weighted by Crippen LogP contribution is 2.40. The molecule has 27 heavy (non-hydrogen) atoms. The molecule has 0 spiro atoms. The van der Waals surface area contributed by atoms with Crippen LogP contribution in [-0.4, -0.2) is 43.2 Å². The lowest BCUT2D eigenvalue weighted by molar-refractivity contribution is -0.791. The highest BCUT2D eigenvalue weighted by molar-refractivity contribution is 6.71. The molecule has 0 saturated carbocycles. The van der Waals surface area contributed by atoms with E-state index in [0.717, 1.165) is 5.57 Å². The molecule has 3 rings (SSSR count). The molecule has 2 aliphatic heterocycles. The zero-order valence-corrected chi connectivity index (χ0v) is 17.1. The first kappa shape index (κ1) is 19.7. The summed E-state index contributed by atoms with van der Waals surface area (Å²) in [6, 6.07) is 0. The number of hydrogen-bond donors (Lipinski definition) is 0. The van der Waals surface area contributed by atoms with Crippen LogP contribution in [0.2, 0.25) is 0 Å². The zero-order chi connectivity index (χ0) is 19.9. The average Bonchev–Trinajstić information content (AvgIpc) is 2.88. The summed E-state index contributed by atoms with van der Waals surface area (Å²) in [6.07, 6.45) is 11.8. The van der Waals surface area contributed by atoms with Gasteiger partial charge in [-0.3, -0.25) is 9.59 Å². The van der Waals surface area contributed by atoms with Crippen LogP contribution in [0.3, 0.4) is 0 Å². The van der Waals surface area contributed by atoms with E-state index in [2.05, 4.69) is 32.9 Å². The third kappa shape index (κ3) is 3.68. The number of hydrogen-bond acceptors (Lipinski definition) is 4. The van der Waals surface area contributed by atoms with E-state index in [1.807, 2.05) is 26.1 Å². The maximum atomic E-state index is 11.8. The Hall–Kier alpha value is -2.08. The smallest absolute Gasteiger partial charge is 0.596 e. The van der Waals surface area contributed by atoms with Crippen molar-refractivity contribution in [3.8, 4) is 0 Å². The van der Waals surface area contributed by atoms with Gasteiger partial charge in [-0.05, 0) is 44.1 Å². The topological polar surface area (TPSA) is 52.6 Å². The summed E-state index contributed by atoms with van der Waals surface area (Å²) in [5.74, 6) is 1.09. The quantitative estimate of drug-likeness (QED) is 0.560. The highest BCUT2D eigenvalue weighted by atomic mass is 16.7. The monoisotopic (exact) mass is 371 g/mol. The molecule has 5 nitrogen and oxygen atoms in total. The first-order valence-electron chi connectivity index (χ1n) is 9.74. The molecule has 0 atom stereocenters. The van der Waals surface area contributed by atoms with E-state index in [1.54, 1.807) is 5.98 Å². The van der Waals surface area contributed by atoms with Crippen molar-refractivity contribution in [2.24, 2.45) is 5.41 Å². The van der Waals surface area contributed by atoms with Crippen LogP contribution in [0.1, 0.15) is 47.0 Å². The van der Waals surface area contributed by atoms with Gasteiger partial charge in [0.25, 0.3) is 0 Å². The van der Waals surface area contributed by atoms with Gasteiger partial charge in [0.1, 0.15) is 13.1 Å². The van der Waals surface area contributed by atoms with E-state index in [-0.39, 0.29) is 34.8 Å². The maximum absolute atomic E-state index is 11.8. The second-order valence-corrected chi connectivity index (χ2v) is 9.06. The van der Waals surface area contributed by atoms with Gasteiger partial charge in [0, 0.05) is 7.05 Å². The number of likely N-dealkylation sites (N-methyl/N-ethyl adjacent to an activating group) is 1. The van der Waals surface area contributed by atoms with E-state index in [4.69, 9.17) is 9.31 Å². The molecular formula is C21H30BNO4. The summed E-state index contributed by atoms with van der Waals surface area (Å²) in [4.78, 5) is 23.5. The molecule has 0 aromatic carbocycles. The van der Waals surface area contributed by atoms with Crippen molar-refractivity contribution in [3.63, 3.8) is 0 Å². The Morgan fingerprint density at radius 2 is 1.81 bits per heavy atom. The fourth-order valence-electron chi connectivity index (χ4n) is 4.54. The number of quaternary nitrogens is 1. The van der Waals surface area contributed by atoms with Gasteiger partial charge in [0.05, 0.1) is 0 Å². The second kappa shape index (κ2) is 6.82. The number of nitrogens with zero attached hydrogens (tertiary/aromatic N) is 1. The number of carbonyl (C=O) groups excluding carboxylic acids is 2. The Morgan fingerprint density at radius 1 is 1.19 bits per heavy atom. The summed E-state index contributed by atoms with van der Waals surface area (Å²) in [7, 11) is 1.83. The molecule has 0 radical (unpaired) electrons. The Kier molecular flexibility index (Phi) is 4.97. The molecular weight excluding hydrogens is 341 g/mol. The molecule has 2 saturated heterocycles. The van der Waals surface area contributed by atoms with Gasteiger partial charge >= 0.3 is 18.6 Å². The Bertz CT molecular complexity index is 768. The van der Waals surface area contributed by atoms with Gasteiger partial charge in [-0.15, -0.1) is 0 Å². The lowest BCUT2D eigenvalue weighted by Gasteiger charge is -2.37. The van der Waals surface area contributed by atoms with Crippen molar-refractivity contribution < 1.29 is 23.3 Å². The Morgan fingerprint density at radius 3 is 2.41 bits per heavy atom. The normalized spacial score (nSPS) is 33.7. The van der Waals surface area contributed by atoms with Gasteiger partial charge in [0.2, 0.25) is 0 Å². The van der Waals surface area contributed by atoms with E-state index in [0.29, 0.717) is 0 Å². The zero-order valence-electron chi connectivity index (χ0n) is 17.1. The summed E-state index contributed by atoms with van der Waals surface area (Å²) in [6.45, 7) is 7.11. The molecule has 1 aliphatic carbocycles. The number of allylic oxidation sites excluding steroid dienone is 7. The fraction of sp³-hybridized carbons (Fsp3) is 0.524. The molecule has 0 aromatic heterocycles. The maximum Gasteiger partial charge on any atom is 0.607 e. The van der Waals surface area contributed by atoms with E-state index < -0.39 is 6.69 Å². The minimum atomic E-state index is -2.09. The largest absolute Gasteiger partial charge is 0.607 e. The molecule has 0 amide bonds. The number of carbonyl (C=O) groups is 2. The summed E-state index contributed by atoms with van der Waals surface area (Å²) >= 11 is 0. The summed E-state index contributed by atoms with van der Waals surface area (Å²) in [5, 5.41) is 0. The molecule has 0 N–H and O–H groups in total. The van der Waals surface area contributed by atoms with E-state index in [1.165, 1.54) is 30.4 Å². The van der Waals surface area contributed by atoms with Crippen LogP contribution in [-0.2, 0) is 18.9 Å². The number of rotatable bonds is 4. The molecule has 2 fully saturated rings. The lowest BCUT2D eigenvalue weighted by atomic mass is 9.68. The second-order valence-electron chi connectivity index (χ2n) is 9.06. The fourth-order valence-corrected chi connectivity index (χ4v) is 4.54. The standard InChI is InChI=1S/C21H30BNO4/c1-16(10-11-18-17(2)9-6-12-21(18,3)4)8-7-13-22-23(5,14-19(24)26-22)15-20(25)27-22/h7-8,10-11,13H,6,9,12,14-15H2,1-5H3/b11-10+,13-7+,16-8+. The van der Waals surface area contributed by atoms with Crippen molar-refractivity contribution in [3.05, 3.63) is 47.0 Å². The molecule has 0 bridgehead atoms. The molecule has 2 heterocycles. The van der Waals surface area contributed by atoms with E-state index in [9.17, 15) is 9.59 Å².